The number of carboxylic acids is 1. The van der Waals surface area contributed by atoms with E-state index in [1.807, 2.05) is 24.3 Å². The molecule has 3 aromatic rings. The normalized spacial score (nSPS) is 18.0. The Morgan fingerprint density at radius 1 is 1.06 bits per heavy atom. The lowest BCUT2D eigenvalue weighted by Crippen LogP contribution is -2.41. The van der Waals surface area contributed by atoms with Crippen molar-refractivity contribution in [3.8, 4) is 17.2 Å². The predicted octanol–water partition coefficient (Wildman–Crippen LogP) is 4.81. The van der Waals surface area contributed by atoms with Gasteiger partial charge in [-0.1, -0.05) is 18.2 Å². The highest BCUT2D eigenvalue weighted by atomic mass is 32.1. The fourth-order valence-electron chi connectivity index (χ4n) is 4.38. The fourth-order valence-corrected chi connectivity index (χ4v) is 5.60. The van der Waals surface area contributed by atoms with Crippen molar-refractivity contribution < 1.29 is 24.1 Å². The Hall–Kier alpha value is -2.77. The minimum Gasteiger partial charge on any atom is -0.496 e. The molecule has 1 saturated heterocycles. The molecule has 2 atom stereocenters. The highest BCUT2D eigenvalue weighted by Gasteiger charge is 2.34. The maximum atomic E-state index is 11.8. The predicted molar refractivity (Wildman–Crippen MR) is 122 cm³/mol. The number of benzene rings is 2. The first-order valence-electron chi connectivity index (χ1n) is 10.3. The summed E-state index contributed by atoms with van der Waals surface area (Å²) in [4.78, 5) is 15.2. The van der Waals surface area contributed by atoms with Crippen LogP contribution in [0.2, 0.25) is 0 Å². The van der Waals surface area contributed by atoms with Gasteiger partial charge in [-0.25, -0.2) is 0 Å². The van der Waals surface area contributed by atoms with Gasteiger partial charge in [0.2, 0.25) is 0 Å². The van der Waals surface area contributed by atoms with Crippen LogP contribution >= 0.6 is 11.3 Å². The largest absolute Gasteiger partial charge is 0.496 e. The lowest BCUT2D eigenvalue weighted by atomic mass is 9.93. The number of hydrogen-bond donors (Lipinski definition) is 1. The Kier molecular flexibility index (Phi) is 6.34. The number of carboxylic acid groups (broad SMARTS) is 1. The molecule has 2 unspecified atom stereocenters. The smallest absolute Gasteiger partial charge is 0.307 e. The van der Waals surface area contributed by atoms with Gasteiger partial charge in [0.05, 0.1) is 33.3 Å². The van der Waals surface area contributed by atoms with Gasteiger partial charge >= 0.3 is 5.97 Å². The number of fused-ring (bicyclic) bond motifs is 1. The summed E-state index contributed by atoms with van der Waals surface area (Å²) < 4.78 is 18.0. The number of likely N-dealkylation sites (tertiary alicyclic amines) is 1. The molecule has 31 heavy (non-hydrogen) atoms. The zero-order valence-corrected chi connectivity index (χ0v) is 18.8. The summed E-state index contributed by atoms with van der Waals surface area (Å²) in [6, 6.07) is 14.1. The van der Waals surface area contributed by atoms with Crippen molar-refractivity contribution in [1.29, 1.82) is 0 Å². The highest BCUT2D eigenvalue weighted by molar-refractivity contribution is 7.19. The Labute approximate surface area is 186 Å². The zero-order chi connectivity index (χ0) is 22.0. The Morgan fingerprint density at radius 2 is 1.77 bits per heavy atom. The number of ether oxygens (including phenoxy) is 3. The monoisotopic (exact) mass is 441 g/mol. The molecular weight excluding hydrogens is 414 g/mol. The number of carbonyl (C=O) groups is 1. The van der Waals surface area contributed by atoms with Crippen molar-refractivity contribution in [2.24, 2.45) is 5.92 Å². The van der Waals surface area contributed by atoms with E-state index in [1.54, 1.807) is 32.7 Å². The minimum atomic E-state index is -0.737. The number of thiophene rings is 1. The summed E-state index contributed by atoms with van der Waals surface area (Å²) in [5.74, 6) is 0.796. The molecule has 0 radical (unpaired) electrons. The lowest BCUT2D eigenvalue weighted by molar-refractivity contribution is -0.143. The van der Waals surface area contributed by atoms with E-state index in [-0.39, 0.29) is 12.0 Å². The van der Waals surface area contributed by atoms with Crippen molar-refractivity contribution in [3.63, 3.8) is 0 Å². The Balaban J connectivity index is 1.87. The van der Waals surface area contributed by atoms with Crippen LogP contribution in [0, 0.1) is 5.92 Å². The van der Waals surface area contributed by atoms with E-state index in [2.05, 4.69) is 23.1 Å². The van der Waals surface area contributed by atoms with Crippen molar-refractivity contribution >= 4 is 27.4 Å². The summed E-state index contributed by atoms with van der Waals surface area (Å²) in [6.07, 6.45) is 1.54. The van der Waals surface area contributed by atoms with Crippen LogP contribution < -0.4 is 14.2 Å². The first kappa shape index (κ1) is 21.5. The second kappa shape index (κ2) is 9.16. The van der Waals surface area contributed by atoms with E-state index in [1.165, 1.54) is 10.1 Å². The quantitative estimate of drug-likeness (QED) is 0.567. The highest BCUT2D eigenvalue weighted by Crippen LogP contribution is 2.45. The molecule has 6 nitrogen and oxygen atoms in total. The summed E-state index contributed by atoms with van der Waals surface area (Å²) in [6.45, 7) is 1.31. The molecule has 2 aromatic carbocycles. The van der Waals surface area contributed by atoms with Crippen LogP contribution in [0.4, 0.5) is 0 Å². The van der Waals surface area contributed by atoms with Crippen LogP contribution in [-0.2, 0) is 4.79 Å². The lowest BCUT2D eigenvalue weighted by Gasteiger charge is -2.37. The van der Waals surface area contributed by atoms with Gasteiger partial charge < -0.3 is 19.3 Å². The molecular formula is C24H27NO5S. The number of rotatable bonds is 7. The van der Waals surface area contributed by atoms with Crippen LogP contribution in [-0.4, -0.2) is 50.4 Å². The third-order valence-corrected chi connectivity index (χ3v) is 7.08. The van der Waals surface area contributed by atoms with Gasteiger partial charge in [-0.05, 0) is 43.0 Å². The number of aliphatic carboxylic acids is 1. The second-order valence-corrected chi connectivity index (χ2v) is 8.83. The van der Waals surface area contributed by atoms with E-state index < -0.39 is 5.97 Å². The maximum Gasteiger partial charge on any atom is 0.307 e. The van der Waals surface area contributed by atoms with Gasteiger partial charge in [-0.2, -0.15) is 0 Å². The molecule has 0 aliphatic carbocycles. The van der Waals surface area contributed by atoms with Gasteiger partial charge in [-0.15, -0.1) is 11.3 Å². The van der Waals surface area contributed by atoms with Crippen LogP contribution in [0.3, 0.4) is 0 Å². The number of methoxy groups -OCH3 is 3. The molecule has 1 fully saturated rings. The van der Waals surface area contributed by atoms with Gasteiger partial charge in [0.25, 0.3) is 0 Å². The Morgan fingerprint density at radius 3 is 2.45 bits per heavy atom. The van der Waals surface area contributed by atoms with Gasteiger partial charge in [0.1, 0.15) is 5.75 Å². The van der Waals surface area contributed by atoms with E-state index in [4.69, 9.17) is 14.2 Å². The third-order valence-electron chi connectivity index (χ3n) is 5.91. The number of piperidine rings is 1. The van der Waals surface area contributed by atoms with E-state index in [9.17, 15) is 9.90 Å². The summed E-state index contributed by atoms with van der Waals surface area (Å²) in [5.41, 5.74) is 0.942. The van der Waals surface area contributed by atoms with Crippen molar-refractivity contribution in [2.45, 2.75) is 18.9 Å². The van der Waals surface area contributed by atoms with Gasteiger partial charge in [0.15, 0.2) is 11.5 Å². The maximum absolute atomic E-state index is 11.8. The average molecular weight is 442 g/mol. The van der Waals surface area contributed by atoms with E-state index >= 15 is 0 Å². The van der Waals surface area contributed by atoms with Crippen molar-refractivity contribution in [3.05, 3.63) is 52.9 Å². The molecule has 1 N–H and O–H groups in total. The fraction of sp³-hybridized carbons (Fsp3) is 0.375. The van der Waals surface area contributed by atoms with Crippen LogP contribution in [0.15, 0.2) is 42.5 Å². The van der Waals surface area contributed by atoms with Gasteiger partial charge in [0, 0.05) is 27.8 Å². The molecule has 164 valence electrons. The second-order valence-electron chi connectivity index (χ2n) is 7.71. The first-order chi connectivity index (χ1) is 15.0. The summed E-state index contributed by atoms with van der Waals surface area (Å²) in [5, 5.41) is 10.8. The molecule has 0 spiro atoms. The third kappa shape index (κ3) is 4.20. The number of nitrogens with zero attached hydrogens (tertiary/aromatic N) is 1. The molecule has 0 amide bonds. The summed E-state index contributed by atoms with van der Waals surface area (Å²) in [7, 11) is 4.86. The SMILES string of the molecule is COc1cc(OC)c(C(c2cc3ccccc3s2)N2CCCC(C(=O)O)C2)cc1OC. The van der Waals surface area contributed by atoms with Crippen LogP contribution in [0.5, 0.6) is 17.2 Å². The van der Waals surface area contributed by atoms with Crippen LogP contribution in [0.1, 0.15) is 29.3 Å². The van der Waals surface area contributed by atoms with Crippen LogP contribution in [0.25, 0.3) is 10.1 Å². The minimum absolute atomic E-state index is 0.144. The molecule has 1 aromatic heterocycles. The molecule has 0 saturated carbocycles. The van der Waals surface area contributed by atoms with Crippen molar-refractivity contribution in [2.75, 3.05) is 34.4 Å². The van der Waals surface area contributed by atoms with E-state index in [0.29, 0.717) is 30.2 Å². The Bertz CT molecular complexity index is 1050. The first-order valence-corrected chi connectivity index (χ1v) is 11.1. The molecule has 0 bridgehead atoms. The van der Waals surface area contributed by atoms with Crippen molar-refractivity contribution in [1.82, 2.24) is 4.90 Å². The zero-order valence-electron chi connectivity index (χ0n) is 18.0. The van der Waals surface area contributed by atoms with E-state index in [0.717, 1.165) is 23.4 Å². The summed E-state index contributed by atoms with van der Waals surface area (Å²) >= 11 is 1.73. The topological polar surface area (TPSA) is 68.2 Å². The van der Waals surface area contributed by atoms with Gasteiger partial charge in [-0.3, -0.25) is 9.69 Å². The molecule has 7 heteroatoms. The average Bonchev–Trinajstić information content (AvgIpc) is 3.22. The molecule has 1 aliphatic rings. The molecule has 2 heterocycles. The number of hydrogen-bond acceptors (Lipinski definition) is 6. The molecule has 1 aliphatic heterocycles. The molecule has 4 rings (SSSR count). The standard InChI is InChI=1S/C24H27NO5S/c1-28-18-13-20(30-3)19(29-2)12-17(18)23(25-10-6-8-16(14-25)24(26)27)22-11-15-7-4-5-9-21(15)31-22/h4-5,7,9,11-13,16,23H,6,8,10,14H2,1-3H3,(H,26,27).